The van der Waals surface area contributed by atoms with E-state index in [0.29, 0.717) is 32.5 Å². The summed E-state index contributed by atoms with van der Waals surface area (Å²) < 4.78 is 0. The molecule has 1 spiro atoms. The molecule has 1 atom stereocenters. The van der Waals surface area contributed by atoms with Gasteiger partial charge in [0.15, 0.2) is 0 Å². The highest BCUT2D eigenvalue weighted by atomic mass is 16.4. The average molecular weight is 285 g/mol. The fourth-order valence-corrected chi connectivity index (χ4v) is 2.74. The molecule has 0 aliphatic carbocycles. The molecule has 3 N–H and O–H groups in total. The first-order valence-electron chi connectivity index (χ1n) is 6.63. The Labute approximate surface area is 116 Å². The minimum absolute atomic E-state index is 0.0511. The van der Waals surface area contributed by atoms with Crippen LogP contribution in [0.4, 0.5) is 4.79 Å². The molecule has 8 heteroatoms. The van der Waals surface area contributed by atoms with Gasteiger partial charge in [0, 0.05) is 19.6 Å². The Balaban J connectivity index is 2.10. The van der Waals surface area contributed by atoms with Gasteiger partial charge in [0.2, 0.25) is 0 Å². The van der Waals surface area contributed by atoms with Crippen LogP contribution >= 0.6 is 0 Å². The molecule has 112 valence electrons. The molecule has 0 radical (unpaired) electrons. The topological polar surface area (TPSA) is 110 Å². The van der Waals surface area contributed by atoms with Crippen molar-refractivity contribution in [2.24, 2.45) is 0 Å². The molecule has 2 heterocycles. The number of aliphatic hydroxyl groups excluding tert-OH is 1. The summed E-state index contributed by atoms with van der Waals surface area (Å²) in [6.45, 7) is 3.08. The number of carboxylic acids is 1. The molecule has 2 aliphatic rings. The van der Waals surface area contributed by atoms with Crippen molar-refractivity contribution in [2.45, 2.75) is 31.3 Å². The zero-order valence-electron chi connectivity index (χ0n) is 11.3. The second kappa shape index (κ2) is 5.37. The summed E-state index contributed by atoms with van der Waals surface area (Å²) in [5.74, 6) is -1.66. The lowest BCUT2D eigenvalue weighted by atomic mass is 9.87. The molecule has 20 heavy (non-hydrogen) atoms. The zero-order chi connectivity index (χ0) is 14.9. The number of likely N-dealkylation sites (tertiary alicyclic amines) is 1. The molecule has 0 aromatic carbocycles. The van der Waals surface area contributed by atoms with Crippen LogP contribution in [0.2, 0.25) is 0 Å². The van der Waals surface area contributed by atoms with Gasteiger partial charge in [-0.25, -0.2) is 14.5 Å². The van der Waals surface area contributed by atoms with E-state index in [1.807, 2.05) is 4.90 Å². The molecular weight excluding hydrogens is 266 g/mol. The minimum Gasteiger partial charge on any atom is -0.480 e. The molecule has 1 unspecified atom stereocenters. The van der Waals surface area contributed by atoms with E-state index in [2.05, 4.69) is 5.32 Å². The molecule has 0 aromatic heterocycles. The van der Waals surface area contributed by atoms with Crippen molar-refractivity contribution in [3.05, 3.63) is 0 Å². The number of nitrogens with one attached hydrogen (secondary N) is 1. The number of rotatable bonds is 4. The maximum atomic E-state index is 12.4. The van der Waals surface area contributed by atoms with Crippen LogP contribution < -0.4 is 5.32 Å². The number of aliphatic carboxylic acids is 1. The molecule has 2 rings (SSSR count). The lowest BCUT2D eigenvalue weighted by Crippen LogP contribution is -2.55. The third-order valence-corrected chi connectivity index (χ3v) is 4.06. The number of carboxylic acid groups (broad SMARTS) is 1. The number of piperidine rings is 1. The van der Waals surface area contributed by atoms with Crippen LogP contribution in [0.25, 0.3) is 0 Å². The largest absolute Gasteiger partial charge is 0.480 e. The van der Waals surface area contributed by atoms with Crippen LogP contribution in [0, 0.1) is 0 Å². The van der Waals surface area contributed by atoms with Crippen molar-refractivity contribution >= 4 is 17.9 Å². The third-order valence-electron chi connectivity index (χ3n) is 4.06. The van der Waals surface area contributed by atoms with Gasteiger partial charge < -0.3 is 20.4 Å². The van der Waals surface area contributed by atoms with Gasteiger partial charge in [-0.15, -0.1) is 0 Å². The van der Waals surface area contributed by atoms with Gasteiger partial charge in [0.1, 0.15) is 11.6 Å². The van der Waals surface area contributed by atoms with E-state index in [0.717, 1.165) is 4.90 Å². The molecule has 0 aromatic rings. The maximum Gasteiger partial charge on any atom is 0.326 e. The number of carbonyl (C=O) groups excluding carboxylic acids is 2. The van der Waals surface area contributed by atoms with Crippen LogP contribution in [-0.4, -0.2) is 75.7 Å². The van der Waals surface area contributed by atoms with Gasteiger partial charge in [0.25, 0.3) is 5.91 Å². The summed E-state index contributed by atoms with van der Waals surface area (Å²) >= 11 is 0. The SMILES string of the molecule is CC(C(=O)O)N1C(=O)NC2(CCN(CCO)CC2)C1=O. The van der Waals surface area contributed by atoms with Crippen LogP contribution in [0.3, 0.4) is 0 Å². The summed E-state index contributed by atoms with van der Waals surface area (Å²) in [4.78, 5) is 38.1. The summed E-state index contributed by atoms with van der Waals surface area (Å²) in [5, 5.41) is 20.5. The first kappa shape index (κ1) is 14.7. The summed E-state index contributed by atoms with van der Waals surface area (Å²) in [6, 6.07) is -1.81. The number of amides is 3. The zero-order valence-corrected chi connectivity index (χ0v) is 11.3. The van der Waals surface area contributed by atoms with Gasteiger partial charge >= 0.3 is 12.0 Å². The third kappa shape index (κ3) is 2.36. The van der Waals surface area contributed by atoms with Crippen LogP contribution in [0.15, 0.2) is 0 Å². The Morgan fingerprint density at radius 2 is 2.00 bits per heavy atom. The molecular formula is C12H19N3O5. The smallest absolute Gasteiger partial charge is 0.326 e. The van der Waals surface area contributed by atoms with Crippen molar-refractivity contribution in [3.63, 3.8) is 0 Å². The van der Waals surface area contributed by atoms with Crippen molar-refractivity contribution in [2.75, 3.05) is 26.2 Å². The van der Waals surface area contributed by atoms with Gasteiger partial charge in [-0.1, -0.05) is 0 Å². The number of imide groups is 1. The lowest BCUT2D eigenvalue weighted by Gasteiger charge is -2.37. The quantitative estimate of drug-likeness (QED) is 0.562. The van der Waals surface area contributed by atoms with Crippen LogP contribution in [0.5, 0.6) is 0 Å². The highest BCUT2D eigenvalue weighted by molar-refractivity contribution is 6.09. The number of hydrogen-bond acceptors (Lipinski definition) is 5. The second-order valence-corrected chi connectivity index (χ2v) is 5.27. The van der Waals surface area contributed by atoms with Crippen molar-refractivity contribution in [1.29, 1.82) is 0 Å². The molecule has 2 saturated heterocycles. The number of nitrogens with zero attached hydrogens (tertiary/aromatic N) is 2. The Kier molecular flexibility index (Phi) is 3.96. The Hall–Kier alpha value is -1.67. The highest BCUT2D eigenvalue weighted by Gasteiger charge is 2.54. The fourth-order valence-electron chi connectivity index (χ4n) is 2.74. The number of urea groups is 1. The fraction of sp³-hybridized carbons (Fsp3) is 0.750. The molecule has 0 bridgehead atoms. The van der Waals surface area contributed by atoms with Gasteiger partial charge in [-0.2, -0.15) is 0 Å². The summed E-state index contributed by atoms with van der Waals surface area (Å²) in [5.41, 5.74) is -0.979. The number of carbonyl (C=O) groups is 3. The molecule has 2 aliphatic heterocycles. The monoisotopic (exact) mass is 285 g/mol. The minimum atomic E-state index is -1.21. The van der Waals surface area contributed by atoms with Gasteiger partial charge in [-0.05, 0) is 19.8 Å². The van der Waals surface area contributed by atoms with E-state index in [9.17, 15) is 14.4 Å². The number of hydrogen-bond donors (Lipinski definition) is 3. The predicted molar refractivity (Wildman–Crippen MR) is 68.0 cm³/mol. The van der Waals surface area contributed by atoms with E-state index >= 15 is 0 Å². The maximum absolute atomic E-state index is 12.4. The summed E-state index contributed by atoms with van der Waals surface area (Å²) in [6.07, 6.45) is 0.862. The first-order valence-corrected chi connectivity index (χ1v) is 6.63. The predicted octanol–water partition coefficient (Wildman–Crippen LogP) is -1.16. The summed E-state index contributed by atoms with van der Waals surface area (Å²) in [7, 11) is 0. The lowest BCUT2D eigenvalue weighted by molar-refractivity contribution is -0.147. The van der Waals surface area contributed by atoms with E-state index < -0.39 is 29.5 Å². The van der Waals surface area contributed by atoms with Gasteiger partial charge in [-0.3, -0.25) is 4.79 Å². The number of aliphatic hydroxyl groups is 1. The number of β-amino-alcohol motifs (C(OH)–C–C–N with tert-alkyl or cyclic N) is 1. The van der Waals surface area contributed by atoms with Crippen molar-refractivity contribution in [1.82, 2.24) is 15.1 Å². The first-order chi connectivity index (χ1) is 9.41. The highest BCUT2D eigenvalue weighted by Crippen LogP contribution is 2.30. The standard InChI is InChI=1S/C12H19N3O5/c1-8(9(17)18)15-10(19)12(13-11(15)20)2-4-14(5-3-12)6-7-16/h8,16H,2-7H2,1H3,(H,13,20)(H,17,18). The molecule has 0 saturated carbocycles. The molecule has 3 amide bonds. The van der Waals surface area contributed by atoms with Gasteiger partial charge in [0.05, 0.1) is 6.61 Å². The van der Waals surface area contributed by atoms with Crippen molar-refractivity contribution in [3.8, 4) is 0 Å². The van der Waals surface area contributed by atoms with Crippen molar-refractivity contribution < 1.29 is 24.6 Å². The Morgan fingerprint density at radius 1 is 1.40 bits per heavy atom. The van der Waals surface area contributed by atoms with E-state index in [1.54, 1.807) is 0 Å². The van der Waals surface area contributed by atoms with E-state index in [-0.39, 0.29) is 6.61 Å². The Morgan fingerprint density at radius 3 is 2.50 bits per heavy atom. The normalized spacial score (nSPS) is 24.0. The van der Waals surface area contributed by atoms with E-state index in [1.165, 1.54) is 6.92 Å². The average Bonchev–Trinajstić information content (AvgIpc) is 2.63. The molecule has 8 nitrogen and oxygen atoms in total. The van der Waals surface area contributed by atoms with Crippen LogP contribution in [-0.2, 0) is 9.59 Å². The molecule has 2 fully saturated rings. The van der Waals surface area contributed by atoms with E-state index in [4.69, 9.17) is 10.2 Å². The van der Waals surface area contributed by atoms with Crippen LogP contribution in [0.1, 0.15) is 19.8 Å². The second-order valence-electron chi connectivity index (χ2n) is 5.27. The Bertz CT molecular complexity index is 431.